The summed E-state index contributed by atoms with van der Waals surface area (Å²) in [5, 5.41) is 2.28. The second-order valence-corrected chi connectivity index (χ2v) is 22.7. The number of hydrogen-bond donors (Lipinski definition) is 0. The molecule has 0 N–H and O–H groups in total. The van der Waals surface area contributed by atoms with E-state index in [2.05, 4.69) is 228 Å². The number of ether oxygens (including phenoxy) is 1. The zero-order valence-corrected chi connectivity index (χ0v) is 41.8. The molecule has 0 radical (unpaired) electrons. The second kappa shape index (κ2) is 16.6. The van der Waals surface area contributed by atoms with Gasteiger partial charge < -0.3 is 14.5 Å². The first-order chi connectivity index (χ1) is 32.4. The van der Waals surface area contributed by atoms with Crippen molar-refractivity contribution in [3.8, 4) is 17.3 Å². The van der Waals surface area contributed by atoms with E-state index < -0.39 is 5.41 Å². The van der Waals surface area contributed by atoms with Gasteiger partial charge in [-0.2, -0.15) is 0 Å². The third-order valence-corrected chi connectivity index (χ3v) is 14.0. The standard InChI is InChI=1S/C62H68N4O/c1-58(2,3)44-24-27-55-54(37-44)53-26-25-51(40-56(53)66(55)57-38-45(28-29-63-57)61(10,11)42-20-16-14-17-21-42)67-52-36-48(62(12,13)43-22-18-15-19-23-43)35-50(39-52)65-31-30-64(41-65)49-33-46(59(4,5)6)32-47(34-49)60(7,8)9/h14-40H,41H2,1-13H3/i30D,31D. The van der Waals surface area contributed by atoms with Gasteiger partial charge in [0.05, 0.1) is 20.4 Å². The van der Waals surface area contributed by atoms with E-state index in [9.17, 15) is 2.74 Å². The maximum atomic E-state index is 9.48. The van der Waals surface area contributed by atoms with Gasteiger partial charge in [-0.25, -0.2) is 4.98 Å². The number of hydrogen-bond acceptors (Lipinski definition) is 4. The highest BCUT2D eigenvalue weighted by atomic mass is 16.5. The zero-order chi connectivity index (χ0) is 49.4. The SMILES string of the molecule is [2H]C1=C([2H])N(c2cc(Oc3ccc4c5cc(C(C)(C)C)ccc5n(-c5cc(C(C)(C)c6ccccc6)ccn5)c4c3)cc(C(C)(C)c3ccccc3)c2)CN1c1cc(C(C)(C)C)cc(C(C)(C)C)c1. The van der Waals surface area contributed by atoms with Crippen LogP contribution in [0.25, 0.3) is 27.6 Å². The van der Waals surface area contributed by atoms with E-state index in [0.29, 0.717) is 18.2 Å². The average molecular weight is 887 g/mol. The molecule has 6 aromatic carbocycles. The Balaban J connectivity index is 1.17. The average Bonchev–Trinajstić information content (AvgIpc) is 3.80. The molecule has 0 amide bonds. The number of fused-ring (bicyclic) bond motifs is 3. The Bertz CT molecular complexity index is 3220. The number of benzene rings is 6. The molecule has 0 atom stereocenters. The van der Waals surface area contributed by atoms with E-state index in [4.69, 9.17) is 9.72 Å². The van der Waals surface area contributed by atoms with Gasteiger partial charge in [0.2, 0.25) is 0 Å². The molecule has 3 heterocycles. The summed E-state index contributed by atoms with van der Waals surface area (Å²) in [7, 11) is 0. The van der Waals surface area contributed by atoms with Crippen LogP contribution in [-0.2, 0) is 27.1 Å². The van der Waals surface area contributed by atoms with Gasteiger partial charge in [0.15, 0.2) is 0 Å². The van der Waals surface area contributed by atoms with Crippen molar-refractivity contribution in [3.63, 3.8) is 0 Å². The van der Waals surface area contributed by atoms with Gasteiger partial charge >= 0.3 is 0 Å². The summed E-state index contributed by atoms with van der Waals surface area (Å²) in [5.41, 5.74) is 11.2. The Kier molecular flexibility index (Phi) is 10.7. The minimum absolute atomic E-state index is 0.0349. The highest BCUT2D eigenvalue weighted by Gasteiger charge is 2.29. The number of rotatable bonds is 9. The van der Waals surface area contributed by atoms with Crippen LogP contribution in [0.1, 0.15) is 132 Å². The van der Waals surface area contributed by atoms with E-state index in [0.717, 1.165) is 44.6 Å². The van der Waals surface area contributed by atoms with Crippen LogP contribution in [0.5, 0.6) is 11.5 Å². The molecular weight excluding hydrogens is 817 g/mol. The first-order valence-corrected chi connectivity index (χ1v) is 23.8. The monoisotopic (exact) mass is 887 g/mol. The predicted octanol–water partition coefficient (Wildman–Crippen LogP) is 16.3. The van der Waals surface area contributed by atoms with Gasteiger partial charge in [-0.05, 0) is 116 Å². The first kappa shape index (κ1) is 43.0. The summed E-state index contributed by atoms with van der Waals surface area (Å²) in [6.07, 6.45) is 2.23. The lowest BCUT2D eigenvalue weighted by molar-refractivity contribution is 0.480. The van der Waals surface area contributed by atoms with Crippen LogP contribution in [0.15, 0.2) is 164 Å². The Morgan fingerprint density at radius 3 is 1.57 bits per heavy atom. The van der Waals surface area contributed by atoms with Crippen LogP contribution < -0.4 is 14.5 Å². The molecule has 9 rings (SSSR count). The minimum atomic E-state index is -0.418. The Labute approximate surface area is 402 Å². The molecule has 67 heavy (non-hydrogen) atoms. The third kappa shape index (κ3) is 8.89. The lowest BCUT2D eigenvalue weighted by Gasteiger charge is -2.30. The predicted molar refractivity (Wildman–Crippen MR) is 284 cm³/mol. The molecule has 5 nitrogen and oxygen atoms in total. The molecule has 2 aromatic heterocycles. The van der Waals surface area contributed by atoms with E-state index in [1.54, 1.807) is 0 Å². The summed E-state index contributed by atoms with van der Waals surface area (Å²) in [6, 6.07) is 51.8. The van der Waals surface area contributed by atoms with Crippen molar-refractivity contribution in [3.05, 3.63) is 203 Å². The maximum absolute atomic E-state index is 9.48. The van der Waals surface area contributed by atoms with E-state index in [-0.39, 0.29) is 34.0 Å². The first-order valence-electron chi connectivity index (χ1n) is 24.8. The lowest BCUT2D eigenvalue weighted by atomic mass is 9.78. The van der Waals surface area contributed by atoms with Crippen molar-refractivity contribution in [1.29, 1.82) is 0 Å². The fourth-order valence-corrected chi connectivity index (χ4v) is 9.30. The molecule has 0 spiro atoms. The second-order valence-electron chi connectivity index (χ2n) is 22.7. The molecule has 1 aliphatic heterocycles. The van der Waals surface area contributed by atoms with Crippen molar-refractivity contribution in [1.82, 2.24) is 9.55 Å². The highest BCUT2D eigenvalue weighted by molar-refractivity contribution is 6.09. The van der Waals surface area contributed by atoms with Crippen LogP contribution in [0.4, 0.5) is 11.4 Å². The molecule has 8 aromatic rings. The maximum Gasteiger partial charge on any atom is 0.137 e. The molecule has 0 aliphatic carbocycles. The molecule has 0 unspecified atom stereocenters. The van der Waals surface area contributed by atoms with Crippen molar-refractivity contribution < 1.29 is 7.48 Å². The van der Waals surface area contributed by atoms with E-state index in [1.807, 2.05) is 28.1 Å². The lowest BCUT2D eigenvalue weighted by Crippen LogP contribution is -2.26. The van der Waals surface area contributed by atoms with Gasteiger partial charge in [-0.1, -0.05) is 163 Å². The molecule has 5 heteroatoms. The highest BCUT2D eigenvalue weighted by Crippen LogP contribution is 2.42. The smallest absolute Gasteiger partial charge is 0.137 e. The number of aromatic nitrogens is 2. The van der Waals surface area contributed by atoms with E-state index >= 15 is 0 Å². The summed E-state index contributed by atoms with van der Waals surface area (Å²) in [5.74, 6) is 2.17. The van der Waals surface area contributed by atoms with Crippen molar-refractivity contribution >= 4 is 33.2 Å². The minimum Gasteiger partial charge on any atom is -0.457 e. The van der Waals surface area contributed by atoms with Gasteiger partial charge in [0, 0.05) is 63.7 Å². The summed E-state index contributed by atoms with van der Waals surface area (Å²) >= 11 is 0. The normalized spacial score (nSPS) is 14.6. The number of nitrogens with zero attached hydrogens (tertiary/aromatic N) is 4. The van der Waals surface area contributed by atoms with Crippen molar-refractivity contribution in [2.45, 2.75) is 117 Å². The van der Waals surface area contributed by atoms with Crippen LogP contribution in [-0.4, -0.2) is 16.2 Å². The van der Waals surface area contributed by atoms with Gasteiger partial charge in [0.1, 0.15) is 17.3 Å². The van der Waals surface area contributed by atoms with Gasteiger partial charge in [-0.3, -0.25) is 4.57 Å². The van der Waals surface area contributed by atoms with Crippen LogP contribution in [0, 0.1) is 0 Å². The van der Waals surface area contributed by atoms with Gasteiger partial charge in [0.25, 0.3) is 0 Å². The van der Waals surface area contributed by atoms with Crippen LogP contribution in [0.3, 0.4) is 0 Å². The Morgan fingerprint density at radius 2 is 0.985 bits per heavy atom. The summed E-state index contributed by atoms with van der Waals surface area (Å²) < 4.78 is 28.2. The summed E-state index contributed by atoms with van der Waals surface area (Å²) in [6.45, 7) is 29.5. The third-order valence-electron chi connectivity index (χ3n) is 14.0. The van der Waals surface area contributed by atoms with Gasteiger partial charge in [-0.15, -0.1) is 0 Å². The Hall–Kier alpha value is -6.59. The topological polar surface area (TPSA) is 33.5 Å². The largest absolute Gasteiger partial charge is 0.457 e. The summed E-state index contributed by atoms with van der Waals surface area (Å²) in [4.78, 5) is 8.94. The van der Waals surface area contributed by atoms with Crippen LogP contribution >= 0.6 is 0 Å². The fourth-order valence-electron chi connectivity index (χ4n) is 9.30. The molecule has 0 saturated heterocycles. The molecule has 0 saturated carbocycles. The number of pyridine rings is 1. The number of anilines is 2. The van der Waals surface area contributed by atoms with E-state index in [1.165, 1.54) is 33.4 Å². The zero-order valence-electron chi connectivity index (χ0n) is 43.8. The Morgan fingerprint density at radius 1 is 0.433 bits per heavy atom. The quantitative estimate of drug-likeness (QED) is 0.145. The van der Waals surface area contributed by atoms with Crippen molar-refractivity contribution in [2.75, 3.05) is 16.5 Å². The molecule has 1 aliphatic rings. The fraction of sp³-hybridized carbons (Fsp3) is 0.306. The van der Waals surface area contributed by atoms with Crippen molar-refractivity contribution in [2.24, 2.45) is 0 Å². The molecule has 0 bridgehead atoms. The van der Waals surface area contributed by atoms with Crippen LogP contribution in [0.2, 0.25) is 0 Å². The molecular formula is C62H68N4O. The molecule has 342 valence electrons. The molecule has 0 fully saturated rings.